The molecule has 8 heteroatoms. The average Bonchev–Trinajstić information content (AvgIpc) is 3.29. The molecule has 4 rings (SSSR count). The number of ether oxygens (including phenoxy) is 2. The second-order valence-electron chi connectivity index (χ2n) is 10.9. The van der Waals surface area contributed by atoms with Crippen LogP contribution in [0.25, 0.3) is 0 Å². The second kappa shape index (κ2) is 15.5. The highest BCUT2D eigenvalue weighted by Gasteiger charge is 2.25. The molecule has 6 nitrogen and oxygen atoms in total. The van der Waals surface area contributed by atoms with E-state index in [-0.39, 0.29) is 6.42 Å². The molecular weight excluding hydrogens is 577 g/mol. The zero-order chi connectivity index (χ0) is 30.7. The number of nitrogens with zero attached hydrogens (tertiary/aromatic N) is 1. The van der Waals surface area contributed by atoms with Gasteiger partial charge in [-0.3, -0.25) is 0 Å². The number of nitrogens with one attached hydrogen (secondary N) is 1. The van der Waals surface area contributed by atoms with Crippen molar-refractivity contribution in [3.63, 3.8) is 0 Å². The first-order valence-corrected chi connectivity index (χ1v) is 16.6. The minimum atomic E-state index is -0.861. The van der Waals surface area contributed by atoms with E-state index in [1.165, 1.54) is 12.8 Å². The molecule has 1 fully saturated rings. The lowest BCUT2D eigenvalue weighted by Crippen LogP contribution is -2.45. The topological polar surface area (TPSA) is 67.9 Å². The maximum atomic E-state index is 12.2. The van der Waals surface area contributed by atoms with Crippen molar-refractivity contribution >= 4 is 39.3 Å². The highest BCUT2D eigenvalue weighted by Crippen LogP contribution is 2.26. The molecule has 43 heavy (non-hydrogen) atoms. The Bertz CT molecular complexity index is 1500. The SMILES string of the molecule is COC(=O)C(Cc1ccc(C#Cc2ccc(C#Cc3ccc(N4CCSSCC4)cc3)cc2)cc1)NC(=O)OC(C)(C)C. The molecule has 1 aliphatic rings. The fraction of sp³-hybridized carbons (Fsp3) is 0.314. The van der Waals surface area contributed by atoms with Crippen molar-refractivity contribution in [1.82, 2.24) is 5.32 Å². The summed E-state index contributed by atoms with van der Waals surface area (Å²) in [5, 5.41) is 2.60. The Kier molecular flexibility index (Phi) is 11.5. The third-order valence-corrected chi connectivity index (χ3v) is 8.73. The number of hydrogen-bond donors (Lipinski definition) is 1. The predicted octanol–water partition coefficient (Wildman–Crippen LogP) is 6.30. The standard InChI is InChI=1S/C35H36N2O4S2/c1-35(2,3)41-34(39)36-32(33(38)40-4)25-30-15-13-28(14-16-30)10-9-26-5-7-27(8-6-26)11-12-29-17-19-31(20-18-29)37-21-23-42-43-24-22-37/h5-8,13-20,32H,21-25H2,1-4H3,(H,36,39). The van der Waals surface area contributed by atoms with Gasteiger partial charge in [0.1, 0.15) is 11.6 Å². The third-order valence-electron chi connectivity index (χ3n) is 6.36. The van der Waals surface area contributed by atoms with Crippen LogP contribution in [0.3, 0.4) is 0 Å². The number of methoxy groups -OCH3 is 1. The lowest BCUT2D eigenvalue weighted by Gasteiger charge is -2.22. The van der Waals surface area contributed by atoms with E-state index in [1.807, 2.05) is 70.1 Å². The fourth-order valence-electron chi connectivity index (χ4n) is 4.21. The van der Waals surface area contributed by atoms with Gasteiger partial charge in [0.25, 0.3) is 0 Å². The van der Waals surface area contributed by atoms with Crippen LogP contribution in [0.15, 0.2) is 72.8 Å². The third kappa shape index (κ3) is 10.7. The summed E-state index contributed by atoms with van der Waals surface area (Å²) in [5.74, 6) is 14.6. The number of carbonyl (C=O) groups is 2. The molecule has 3 aromatic carbocycles. The van der Waals surface area contributed by atoms with Gasteiger partial charge in [-0.05, 0) is 87.0 Å². The first kappa shape index (κ1) is 31.9. The highest BCUT2D eigenvalue weighted by atomic mass is 33.1. The van der Waals surface area contributed by atoms with Crippen LogP contribution in [0.1, 0.15) is 48.6 Å². The Morgan fingerprint density at radius 2 is 1.23 bits per heavy atom. The lowest BCUT2D eigenvalue weighted by atomic mass is 10.0. The molecule has 0 bridgehead atoms. The minimum Gasteiger partial charge on any atom is -0.467 e. The van der Waals surface area contributed by atoms with Crippen LogP contribution in [-0.4, -0.2) is 55.4 Å². The molecule has 1 saturated heterocycles. The van der Waals surface area contributed by atoms with Crippen molar-refractivity contribution in [2.24, 2.45) is 0 Å². The van der Waals surface area contributed by atoms with Crippen LogP contribution in [0.2, 0.25) is 0 Å². The molecule has 0 saturated carbocycles. The van der Waals surface area contributed by atoms with E-state index in [2.05, 4.69) is 58.2 Å². The van der Waals surface area contributed by atoms with Gasteiger partial charge >= 0.3 is 12.1 Å². The summed E-state index contributed by atoms with van der Waals surface area (Å²) in [6.07, 6.45) is -0.401. The highest BCUT2D eigenvalue weighted by molar-refractivity contribution is 8.76. The van der Waals surface area contributed by atoms with E-state index in [4.69, 9.17) is 9.47 Å². The van der Waals surface area contributed by atoms with E-state index >= 15 is 0 Å². The molecule has 3 aromatic rings. The molecule has 1 unspecified atom stereocenters. The van der Waals surface area contributed by atoms with Crippen molar-refractivity contribution in [3.05, 3.63) is 101 Å². The van der Waals surface area contributed by atoms with E-state index in [1.54, 1.807) is 20.8 Å². The fourth-order valence-corrected chi connectivity index (χ4v) is 6.19. The smallest absolute Gasteiger partial charge is 0.408 e. The first-order chi connectivity index (χ1) is 20.7. The van der Waals surface area contributed by atoms with Crippen molar-refractivity contribution < 1.29 is 19.1 Å². The molecule has 1 aliphatic heterocycles. The van der Waals surface area contributed by atoms with E-state index in [0.29, 0.717) is 0 Å². The largest absolute Gasteiger partial charge is 0.467 e. The molecule has 0 aromatic heterocycles. The van der Waals surface area contributed by atoms with Gasteiger partial charge in [0.05, 0.1) is 7.11 Å². The second-order valence-corrected chi connectivity index (χ2v) is 13.6. The average molecular weight is 613 g/mol. The summed E-state index contributed by atoms with van der Waals surface area (Å²) in [6, 6.07) is 23.1. The molecular formula is C35H36N2O4S2. The van der Waals surface area contributed by atoms with Crippen LogP contribution in [0.4, 0.5) is 10.5 Å². The van der Waals surface area contributed by atoms with Crippen molar-refractivity contribution in [3.8, 4) is 23.7 Å². The lowest BCUT2D eigenvalue weighted by molar-refractivity contribution is -0.143. The van der Waals surface area contributed by atoms with Gasteiger partial charge in [0.15, 0.2) is 0 Å². The molecule has 0 spiro atoms. The molecule has 222 valence electrons. The van der Waals surface area contributed by atoms with Crippen LogP contribution >= 0.6 is 21.6 Å². The summed E-state index contributed by atoms with van der Waals surface area (Å²) in [5.41, 5.74) is 5.09. The maximum Gasteiger partial charge on any atom is 0.408 e. The number of benzene rings is 3. The van der Waals surface area contributed by atoms with Crippen LogP contribution < -0.4 is 10.2 Å². The maximum absolute atomic E-state index is 12.2. The quantitative estimate of drug-likeness (QED) is 0.206. The number of alkyl carbamates (subject to hydrolysis) is 1. The summed E-state index contributed by atoms with van der Waals surface area (Å²) in [4.78, 5) is 26.8. The number of amides is 1. The van der Waals surface area contributed by atoms with Gasteiger partial charge in [-0.2, -0.15) is 0 Å². The van der Waals surface area contributed by atoms with Crippen molar-refractivity contribution in [1.29, 1.82) is 0 Å². The van der Waals surface area contributed by atoms with Crippen LogP contribution in [0, 0.1) is 23.7 Å². The molecule has 0 radical (unpaired) electrons. The molecule has 0 aliphatic carbocycles. The van der Waals surface area contributed by atoms with Gasteiger partial charge in [0.2, 0.25) is 0 Å². The zero-order valence-electron chi connectivity index (χ0n) is 24.9. The van der Waals surface area contributed by atoms with E-state index in [0.717, 1.165) is 52.4 Å². The van der Waals surface area contributed by atoms with Gasteiger partial charge in [-0.15, -0.1) is 0 Å². The predicted molar refractivity (Wildman–Crippen MR) is 177 cm³/mol. The van der Waals surface area contributed by atoms with E-state index < -0.39 is 23.7 Å². The molecule has 1 amide bonds. The summed E-state index contributed by atoms with van der Waals surface area (Å²) in [7, 11) is 5.19. The molecule has 1 atom stereocenters. The van der Waals surface area contributed by atoms with Gasteiger partial charge in [-0.25, -0.2) is 9.59 Å². The Labute approximate surface area is 262 Å². The number of anilines is 1. The number of rotatable bonds is 5. The van der Waals surface area contributed by atoms with Gasteiger partial charge < -0.3 is 19.7 Å². The van der Waals surface area contributed by atoms with Crippen molar-refractivity contribution in [2.75, 3.05) is 36.6 Å². The Hall–Kier alpha value is -3.98. The van der Waals surface area contributed by atoms with Crippen LogP contribution in [-0.2, 0) is 20.7 Å². The van der Waals surface area contributed by atoms with Gasteiger partial charge in [0, 0.05) is 59.0 Å². The number of esters is 1. The van der Waals surface area contributed by atoms with E-state index in [9.17, 15) is 9.59 Å². The summed E-state index contributed by atoms with van der Waals surface area (Å²) in [6.45, 7) is 7.44. The van der Waals surface area contributed by atoms with Gasteiger partial charge in [-0.1, -0.05) is 57.4 Å². The summed E-state index contributed by atoms with van der Waals surface area (Å²) < 4.78 is 10.1. The zero-order valence-corrected chi connectivity index (χ0v) is 26.6. The summed E-state index contributed by atoms with van der Waals surface area (Å²) >= 11 is 0. The van der Waals surface area contributed by atoms with Crippen molar-refractivity contribution in [2.45, 2.75) is 38.8 Å². The minimum absolute atomic E-state index is 0.267. The Morgan fingerprint density at radius 1 is 0.791 bits per heavy atom. The molecule has 1 N–H and O–H groups in total. The normalized spacial score (nSPS) is 13.7. The Balaban J connectivity index is 1.33. The number of carbonyl (C=O) groups excluding carboxylic acids is 2. The monoisotopic (exact) mass is 612 g/mol. The number of hydrogen-bond acceptors (Lipinski definition) is 7. The first-order valence-electron chi connectivity index (χ1n) is 14.1. The molecule has 1 heterocycles. The Morgan fingerprint density at radius 3 is 1.67 bits per heavy atom. The van der Waals surface area contributed by atoms with Crippen LogP contribution in [0.5, 0.6) is 0 Å².